The van der Waals surface area contributed by atoms with Gasteiger partial charge in [-0.1, -0.05) is 19.1 Å². The minimum absolute atomic E-state index is 0.0604. The van der Waals surface area contributed by atoms with Crippen LogP contribution in [-0.2, 0) is 6.54 Å². The molecule has 1 aromatic carbocycles. The van der Waals surface area contributed by atoms with Gasteiger partial charge in [0.05, 0.1) is 19.3 Å². The molecule has 1 saturated carbocycles. The van der Waals surface area contributed by atoms with E-state index in [1.54, 1.807) is 0 Å². The van der Waals surface area contributed by atoms with Crippen molar-refractivity contribution in [2.24, 2.45) is 10.4 Å². The predicted molar refractivity (Wildman–Crippen MR) is 103 cm³/mol. The van der Waals surface area contributed by atoms with Gasteiger partial charge >= 0.3 is 0 Å². The van der Waals surface area contributed by atoms with Crippen LogP contribution in [0.15, 0.2) is 23.2 Å². The van der Waals surface area contributed by atoms with Gasteiger partial charge in [-0.25, -0.2) is 4.99 Å². The highest BCUT2D eigenvalue weighted by Crippen LogP contribution is 2.44. The Balaban J connectivity index is 2.05. The van der Waals surface area contributed by atoms with Crippen molar-refractivity contribution in [3.63, 3.8) is 0 Å². The van der Waals surface area contributed by atoms with Gasteiger partial charge in [-0.2, -0.15) is 0 Å². The maximum atomic E-state index is 9.46. The van der Waals surface area contributed by atoms with Gasteiger partial charge in [0, 0.05) is 24.1 Å². The summed E-state index contributed by atoms with van der Waals surface area (Å²) in [6, 6.07) is 6.28. The highest BCUT2D eigenvalue weighted by Gasteiger charge is 2.41. The molecule has 1 atom stereocenters. The molecule has 140 valence electrons. The Morgan fingerprint density at radius 1 is 1.32 bits per heavy atom. The molecule has 0 amide bonds. The molecule has 0 bridgehead atoms. The first-order valence-electron chi connectivity index (χ1n) is 9.41. The van der Waals surface area contributed by atoms with E-state index >= 15 is 0 Å². The Labute approximate surface area is 151 Å². The summed E-state index contributed by atoms with van der Waals surface area (Å²) < 4.78 is 6.07. The van der Waals surface area contributed by atoms with Crippen molar-refractivity contribution in [1.29, 1.82) is 0 Å². The largest absolute Gasteiger partial charge is 0.490 e. The molecule has 0 aromatic heterocycles. The van der Waals surface area contributed by atoms with Crippen molar-refractivity contribution < 1.29 is 9.84 Å². The fourth-order valence-corrected chi connectivity index (χ4v) is 2.55. The Hall–Kier alpha value is -1.75. The second-order valence-corrected chi connectivity index (χ2v) is 7.15. The fourth-order valence-electron chi connectivity index (χ4n) is 2.55. The first-order valence-corrected chi connectivity index (χ1v) is 9.41. The minimum Gasteiger partial charge on any atom is -0.490 e. The van der Waals surface area contributed by atoms with Crippen LogP contribution in [0.25, 0.3) is 0 Å². The molecular weight excluding hydrogens is 314 g/mol. The van der Waals surface area contributed by atoms with E-state index in [2.05, 4.69) is 56.5 Å². The number of rotatable bonds is 9. The SMILES string of the molecule is CCNC(=NCc1ccc(C)cc1OC(C)CC)NCC1(CO)CC1. The van der Waals surface area contributed by atoms with Crippen molar-refractivity contribution >= 4 is 5.96 Å². The molecule has 1 unspecified atom stereocenters. The van der Waals surface area contributed by atoms with Gasteiger partial charge in [0.25, 0.3) is 0 Å². The number of aliphatic hydroxyl groups excluding tert-OH is 1. The molecule has 3 N–H and O–H groups in total. The van der Waals surface area contributed by atoms with Crippen LogP contribution >= 0.6 is 0 Å². The zero-order valence-electron chi connectivity index (χ0n) is 16.1. The van der Waals surface area contributed by atoms with Gasteiger partial charge in [-0.3, -0.25) is 0 Å². The molecule has 5 heteroatoms. The van der Waals surface area contributed by atoms with E-state index in [-0.39, 0.29) is 18.1 Å². The fraction of sp³-hybridized carbons (Fsp3) is 0.650. The molecule has 0 aliphatic heterocycles. The number of nitrogens with zero attached hydrogens (tertiary/aromatic N) is 1. The van der Waals surface area contributed by atoms with Crippen LogP contribution in [0.2, 0.25) is 0 Å². The van der Waals surface area contributed by atoms with E-state index in [4.69, 9.17) is 9.73 Å². The summed E-state index contributed by atoms with van der Waals surface area (Å²) >= 11 is 0. The van der Waals surface area contributed by atoms with E-state index in [1.165, 1.54) is 5.56 Å². The summed E-state index contributed by atoms with van der Waals surface area (Å²) in [6.45, 7) is 10.7. The Kier molecular flexibility index (Phi) is 7.12. The van der Waals surface area contributed by atoms with Crippen LogP contribution in [0.4, 0.5) is 0 Å². The van der Waals surface area contributed by atoms with Gasteiger partial charge in [-0.05, 0) is 51.7 Å². The third-order valence-electron chi connectivity index (χ3n) is 4.80. The lowest BCUT2D eigenvalue weighted by Crippen LogP contribution is -2.41. The highest BCUT2D eigenvalue weighted by atomic mass is 16.5. The molecule has 25 heavy (non-hydrogen) atoms. The molecule has 2 rings (SSSR count). The highest BCUT2D eigenvalue weighted by molar-refractivity contribution is 5.79. The summed E-state index contributed by atoms with van der Waals surface area (Å²) in [5.41, 5.74) is 2.34. The smallest absolute Gasteiger partial charge is 0.191 e. The summed E-state index contributed by atoms with van der Waals surface area (Å²) in [7, 11) is 0. The van der Waals surface area contributed by atoms with Gasteiger partial charge in [0.15, 0.2) is 5.96 Å². The van der Waals surface area contributed by atoms with Crippen LogP contribution in [-0.4, -0.2) is 36.9 Å². The number of aryl methyl sites for hydroxylation is 1. The van der Waals surface area contributed by atoms with Crippen LogP contribution in [0, 0.1) is 12.3 Å². The zero-order valence-corrected chi connectivity index (χ0v) is 16.1. The third kappa shape index (κ3) is 5.92. The van der Waals surface area contributed by atoms with Crippen molar-refractivity contribution in [1.82, 2.24) is 10.6 Å². The second-order valence-electron chi connectivity index (χ2n) is 7.15. The van der Waals surface area contributed by atoms with Gasteiger partial charge in [0.1, 0.15) is 5.75 Å². The molecule has 0 spiro atoms. The van der Waals surface area contributed by atoms with Crippen LogP contribution < -0.4 is 15.4 Å². The number of aliphatic imine (C=N–C) groups is 1. The molecule has 1 fully saturated rings. The quantitative estimate of drug-likeness (QED) is 0.475. The Bertz CT molecular complexity index is 582. The lowest BCUT2D eigenvalue weighted by molar-refractivity contribution is 0.212. The number of guanidine groups is 1. The molecule has 1 aliphatic carbocycles. The molecule has 1 aliphatic rings. The number of nitrogens with one attached hydrogen (secondary N) is 2. The Morgan fingerprint density at radius 3 is 2.68 bits per heavy atom. The monoisotopic (exact) mass is 347 g/mol. The first-order chi connectivity index (χ1) is 12.0. The maximum absolute atomic E-state index is 9.46. The number of aliphatic hydroxyl groups is 1. The number of ether oxygens (including phenoxy) is 1. The van der Waals surface area contributed by atoms with E-state index in [0.717, 1.165) is 49.6 Å². The molecule has 0 radical (unpaired) electrons. The van der Waals surface area contributed by atoms with Gasteiger partial charge < -0.3 is 20.5 Å². The number of hydrogen-bond acceptors (Lipinski definition) is 3. The average molecular weight is 348 g/mol. The predicted octanol–water partition coefficient (Wildman–Crippen LogP) is 3.00. The Morgan fingerprint density at radius 2 is 2.08 bits per heavy atom. The topological polar surface area (TPSA) is 65.9 Å². The molecule has 5 nitrogen and oxygen atoms in total. The zero-order chi connectivity index (χ0) is 18.3. The van der Waals surface area contributed by atoms with E-state index in [1.807, 2.05) is 0 Å². The minimum atomic E-state index is 0.0604. The lowest BCUT2D eigenvalue weighted by Gasteiger charge is -2.18. The van der Waals surface area contributed by atoms with Crippen LogP contribution in [0.1, 0.15) is 51.2 Å². The number of benzene rings is 1. The van der Waals surface area contributed by atoms with Gasteiger partial charge in [-0.15, -0.1) is 0 Å². The van der Waals surface area contributed by atoms with Crippen LogP contribution in [0.3, 0.4) is 0 Å². The summed E-state index contributed by atoms with van der Waals surface area (Å²) in [4.78, 5) is 4.71. The summed E-state index contributed by atoms with van der Waals surface area (Å²) in [6.07, 6.45) is 3.33. The molecule has 0 saturated heterocycles. The van der Waals surface area contributed by atoms with E-state index < -0.39 is 0 Å². The third-order valence-corrected chi connectivity index (χ3v) is 4.80. The summed E-state index contributed by atoms with van der Waals surface area (Å²) in [5, 5.41) is 16.1. The van der Waals surface area contributed by atoms with Crippen molar-refractivity contribution in [2.75, 3.05) is 19.7 Å². The molecule has 0 heterocycles. The van der Waals surface area contributed by atoms with Crippen molar-refractivity contribution in [3.05, 3.63) is 29.3 Å². The van der Waals surface area contributed by atoms with Crippen molar-refractivity contribution in [2.45, 2.75) is 59.6 Å². The van der Waals surface area contributed by atoms with Crippen molar-refractivity contribution in [3.8, 4) is 5.75 Å². The summed E-state index contributed by atoms with van der Waals surface area (Å²) in [5.74, 6) is 1.71. The van der Waals surface area contributed by atoms with Crippen LogP contribution in [0.5, 0.6) is 5.75 Å². The van der Waals surface area contributed by atoms with Gasteiger partial charge in [0.2, 0.25) is 0 Å². The normalized spacial score (nSPS) is 17.1. The number of hydrogen-bond donors (Lipinski definition) is 3. The first kappa shape index (κ1) is 19.6. The average Bonchev–Trinajstić information content (AvgIpc) is 3.39. The standard InChI is InChI=1S/C20H33N3O2/c1-5-16(4)25-18-11-15(3)7-8-17(18)12-22-19(21-6-2)23-13-20(14-24)9-10-20/h7-8,11,16,24H,5-6,9-10,12-14H2,1-4H3,(H2,21,22,23). The van der Waals surface area contributed by atoms with E-state index in [0.29, 0.717) is 6.54 Å². The van der Waals surface area contributed by atoms with E-state index in [9.17, 15) is 5.11 Å². The molecular formula is C20H33N3O2. The lowest BCUT2D eigenvalue weighted by atomic mass is 10.1. The molecule has 1 aromatic rings. The second kappa shape index (κ2) is 9.09. The maximum Gasteiger partial charge on any atom is 0.191 e.